The summed E-state index contributed by atoms with van der Waals surface area (Å²) in [4.78, 5) is 0. The van der Waals surface area contributed by atoms with Gasteiger partial charge < -0.3 is 4.74 Å². The molecular weight excluding hydrogens is 452 g/mol. The maximum absolute atomic E-state index is 14.7. The molecule has 0 aliphatic heterocycles. The van der Waals surface area contributed by atoms with Crippen LogP contribution in [0.5, 0.6) is 5.75 Å². The first-order valence-corrected chi connectivity index (χ1v) is 12.3. The summed E-state index contributed by atoms with van der Waals surface area (Å²) >= 11 is 0. The molecule has 3 rings (SSSR count). The van der Waals surface area contributed by atoms with Gasteiger partial charge in [-0.15, -0.1) is 0 Å². The smallest absolute Gasteiger partial charge is 0.201 e. The Kier molecular flexibility index (Phi) is 9.95. The SMILES string of the molecule is CCCCCCCCCOc1ccc(-c2ccc(/C=C/c3ccc(C)c(F)c3F)cc2)c(F)c1F. The van der Waals surface area contributed by atoms with Crippen molar-refractivity contribution in [3.05, 3.63) is 88.5 Å². The lowest BCUT2D eigenvalue weighted by Gasteiger charge is -2.11. The molecule has 0 atom stereocenters. The zero-order chi connectivity index (χ0) is 25.2. The zero-order valence-electron chi connectivity index (χ0n) is 20.4. The molecule has 1 nitrogen and oxygen atoms in total. The second-order valence-electron chi connectivity index (χ2n) is 8.76. The molecule has 0 saturated carbocycles. The van der Waals surface area contributed by atoms with Crippen LogP contribution in [-0.4, -0.2) is 6.61 Å². The molecule has 3 aromatic rings. The molecular formula is C30H32F4O. The third kappa shape index (κ3) is 7.20. The molecule has 0 spiro atoms. The van der Waals surface area contributed by atoms with Gasteiger partial charge >= 0.3 is 0 Å². The van der Waals surface area contributed by atoms with Crippen molar-refractivity contribution in [2.45, 2.75) is 58.8 Å². The van der Waals surface area contributed by atoms with Crippen molar-refractivity contribution in [3.8, 4) is 16.9 Å². The minimum atomic E-state index is -0.994. The number of hydrogen-bond donors (Lipinski definition) is 0. The van der Waals surface area contributed by atoms with E-state index in [1.54, 1.807) is 30.3 Å². The van der Waals surface area contributed by atoms with E-state index in [1.165, 1.54) is 62.9 Å². The van der Waals surface area contributed by atoms with E-state index in [-0.39, 0.29) is 22.4 Å². The molecule has 0 radical (unpaired) electrons. The van der Waals surface area contributed by atoms with Crippen molar-refractivity contribution in [2.75, 3.05) is 6.61 Å². The summed E-state index contributed by atoms with van der Waals surface area (Å²) in [5.41, 5.74) is 1.73. The van der Waals surface area contributed by atoms with Crippen molar-refractivity contribution in [1.29, 1.82) is 0 Å². The van der Waals surface area contributed by atoms with Gasteiger partial charge in [0.05, 0.1) is 6.61 Å². The summed E-state index contributed by atoms with van der Waals surface area (Å²) in [7, 11) is 0. The maximum atomic E-state index is 14.7. The lowest BCUT2D eigenvalue weighted by Crippen LogP contribution is -2.01. The Morgan fingerprint density at radius 2 is 1.34 bits per heavy atom. The zero-order valence-corrected chi connectivity index (χ0v) is 20.4. The fraction of sp³-hybridized carbons (Fsp3) is 0.333. The van der Waals surface area contributed by atoms with Gasteiger partial charge in [-0.05, 0) is 42.2 Å². The highest BCUT2D eigenvalue weighted by Crippen LogP contribution is 2.30. The molecule has 186 valence electrons. The van der Waals surface area contributed by atoms with E-state index in [0.29, 0.717) is 17.7 Å². The number of ether oxygens (including phenoxy) is 1. The number of rotatable bonds is 12. The number of aryl methyl sites for hydroxylation is 1. The summed E-state index contributed by atoms with van der Waals surface area (Å²) in [6, 6.07) is 12.7. The highest BCUT2D eigenvalue weighted by Gasteiger charge is 2.16. The van der Waals surface area contributed by atoms with Crippen LogP contribution in [0.3, 0.4) is 0 Å². The second kappa shape index (κ2) is 13.1. The summed E-state index contributed by atoms with van der Waals surface area (Å²) < 4.78 is 62.5. The van der Waals surface area contributed by atoms with Gasteiger partial charge in [0.2, 0.25) is 5.82 Å². The largest absolute Gasteiger partial charge is 0.490 e. The molecule has 0 heterocycles. The predicted molar refractivity (Wildman–Crippen MR) is 135 cm³/mol. The van der Waals surface area contributed by atoms with Crippen LogP contribution in [0.25, 0.3) is 23.3 Å². The molecule has 35 heavy (non-hydrogen) atoms. The third-order valence-electron chi connectivity index (χ3n) is 6.03. The molecule has 0 aromatic heterocycles. The highest BCUT2D eigenvalue weighted by atomic mass is 19.2. The van der Waals surface area contributed by atoms with Crippen LogP contribution in [-0.2, 0) is 0 Å². The van der Waals surface area contributed by atoms with Crippen LogP contribution in [0.15, 0.2) is 48.5 Å². The average molecular weight is 485 g/mol. The predicted octanol–water partition coefficient (Wildman–Crippen LogP) is 9.52. The van der Waals surface area contributed by atoms with E-state index >= 15 is 0 Å². The lowest BCUT2D eigenvalue weighted by molar-refractivity contribution is 0.285. The van der Waals surface area contributed by atoms with Gasteiger partial charge in [0.15, 0.2) is 23.2 Å². The standard InChI is InChI=1S/C30H32F4O/c1-3-4-5-6-7-8-9-20-35-26-19-18-25(29(33)30(26)34)23-15-11-22(12-16-23)13-17-24-14-10-21(2)27(31)28(24)32/h10-19H,3-9,20H2,1-2H3/b17-13+. The van der Waals surface area contributed by atoms with Crippen molar-refractivity contribution >= 4 is 12.2 Å². The number of halogens is 4. The summed E-state index contributed by atoms with van der Waals surface area (Å²) in [6.45, 7) is 4.04. The Bertz CT molecular complexity index is 1140. The quantitative estimate of drug-likeness (QED) is 0.141. The van der Waals surface area contributed by atoms with E-state index in [9.17, 15) is 17.6 Å². The van der Waals surface area contributed by atoms with Gasteiger partial charge in [0.1, 0.15) is 0 Å². The number of unbranched alkanes of at least 4 members (excludes halogenated alkanes) is 6. The minimum Gasteiger partial charge on any atom is -0.490 e. The van der Waals surface area contributed by atoms with Crippen molar-refractivity contribution < 1.29 is 22.3 Å². The first-order chi connectivity index (χ1) is 16.9. The van der Waals surface area contributed by atoms with Crippen LogP contribution >= 0.6 is 0 Å². The Labute approximate surface area is 205 Å². The minimum absolute atomic E-state index is 0.0795. The van der Waals surface area contributed by atoms with Gasteiger partial charge in [-0.1, -0.05) is 94.0 Å². The van der Waals surface area contributed by atoms with Crippen LogP contribution in [0.4, 0.5) is 17.6 Å². The third-order valence-corrected chi connectivity index (χ3v) is 6.03. The molecule has 0 aliphatic rings. The van der Waals surface area contributed by atoms with E-state index in [4.69, 9.17) is 4.74 Å². The van der Waals surface area contributed by atoms with Crippen molar-refractivity contribution in [2.24, 2.45) is 0 Å². The summed E-state index contributed by atoms with van der Waals surface area (Å²) in [6.07, 6.45) is 11.0. The fourth-order valence-electron chi connectivity index (χ4n) is 3.86. The highest BCUT2D eigenvalue weighted by molar-refractivity contribution is 5.73. The van der Waals surface area contributed by atoms with Crippen LogP contribution in [0.2, 0.25) is 0 Å². The maximum Gasteiger partial charge on any atom is 0.201 e. The Balaban J connectivity index is 1.60. The Hall–Kier alpha value is -3.08. The molecule has 0 amide bonds. The van der Waals surface area contributed by atoms with Gasteiger partial charge in [-0.25, -0.2) is 13.2 Å². The monoisotopic (exact) mass is 484 g/mol. The normalized spacial score (nSPS) is 11.4. The molecule has 5 heteroatoms. The van der Waals surface area contributed by atoms with E-state index in [2.05, 4.69) is 6.92 Å². The first kappa shape index (κ1) is 26.5. The lowest BCUT2D eigenvalue weighted by atomic mass is 10.0. The second-order valence-corrected chi connectivity index (χ2v) is 8.76. The molecule has 0 bridgehead atoms. The van der Waals surface area contributed by atoms with Gasteiger partial charge in [-0.3, -0.25) is 0 Å². The van der Waals surface area contributed by atoms with Gasteiger partial charge in [0, 0.05) is 11.1 Å². The fourth-order valence-corrected chi connectivity index (χ4v) is 3.86. The van der Waals surface area contributed by atoms with E-state index in [1.807, 2.05) is 0 Å². The van der Waals surface area contributed by atoms with Crippen LogP contribution < -0.4 is 4.74 Å². The molecule has 0 saturated heterocycles. The molecule has 0 unspecified atom stereocenters. The van der Waals surface area contributed by atoms with Gasteiger partial charge in [0.25, 0.3) is 0 Å². The topological polar surface area (TPSA) is 9.23 Å². The van der Waals surface area contributed by atoms with Crippen molar-refractivity contribution in [3.63, 3.8) is 0 Å². The number of hydrogen-bond acceptors (Lipinski definition) is 1. The van der Waals surface area contributed by atoms with Crippen molar-refractivity contribution in [1.82, 2.24) is 0 Å². The summed E-state index contributed by atoms with van der Waals surface area (Å²) in [5.74, 6) is -3.79. The van der Waals surface area contributed by atoms with Gasteiger partial charge in [-0.2, -0.15) is 4.39 Å². The first-order valence-electron chi connectivity index (χ1n) is 12.3. The average Bonchev–Trinajstić information content (AvgIpc) is 2.87. The van der Waals surface area contributed by atoms with Crippen LogP contribution in [0.1, 0.15) is 68.6 Å². The van der Waals surface area contributed by atoms with E-state index < -0.39 is 23.3 Å². The Morgan fingerprint density at radius 3 is 2.06 bits per heavy atom. The summed E-state index contributed by atoms with van der Waals surface area (Å²) in [5, 5.41) is 0. The number of benzene rings is 3. The molecule has 0 aliphatic carbocycles. The van der Waals surface area contributed by atoms with Crippen LogP contribution in [0, 0.1) is 30.2 Å². The molecule has 0 fully saturated rings. The molecule has 3 aromatic carbocycles. The Morgan fingerprint density at radius 1 is 0.657 bits per heavy atom. The molecule has 0 N–H and O–H groups in total. The van der Waals surface area contributed by atoms with E-state index in [0.717, 1.165) is 19.3 Å².